The van der Waals surface area contributed by atoms with Crippen molar-refractivity contribution in [1.82, 2.24) is 0 Å². The molecular weight excluding hydrogens is 630 g/mol. The van der Waals surface area contributed by atoms with Gasteiger partial charge in [0.15, 0.2) is 0 Å². The van der Waals surface area contributed by atoms with E-state index in [0.717, 1.165) is 12.8 Å². The third-order valence-electron chi connectivity index (χ3n) is 8.74. The Bertz CT molecular complexity index is 655. The van der Waals surface area contributed by atoms with Gasteiger partial charge in [0.1, 0.15) is 0 Å². The summed E-state index contributed by atoms with van der Waals surface area (Å²) in [6.45, 7) is 15.6. The maximum atomic E-state index is 13.3. The van der Waals surface area contributed by atoms with Crippen molar-refractivity contribution >= 4 is 7.37 Å². The molecule has 0 rings (SSSR count). The molecule has 0 aliphatic carbocycles. The van der Waals surface area contributed by atoms with E-state index in [4.69, 9.17) is 18.9 Å². The molecule has 0 spiro atoms. The SMILES string of the molecule is C=CCOCC(COCCCCCCCCCCCCC)CP(=O)([O-])CC(COCC=C)COCCCCCCCCCCCCC.[Na+]. The van der Waals surface area contributed by atoms with Gasteiger partial charge in [-0.15, -0.1) is 13.2 Å². The molecule has 0 aromatic carbocycles. The van der Waals surface area contributed by atoms with Crippen molar-refractivity contribution in [2.75, 3.05) is 65.2 Å². The maximum absolute atomic E-state index is 13.3. The minimum Gasteiger partial charge on any atom is -0.799 e. The molecule has 0 bridgehead atoms. The van der Waals surface area contributed by atoms with E-state index in [2.05, 4.69) is 27.0 Å². The van der Waals surface area contributed by atoms with Crippen molar-refractivity contribution in [2.24, 2.45) is 11.8 Å². The molecule has 0 fully saturated rings. The van der Waals surface area contributed by atoms with Crippen LogP contribution in [0.15, 0.2) is 25.3 Å². The summed E-state index contributed by atoms with van der Waals surface area (Å²) in [5, 5.41) is 0. The van der Waals surface area contributed by atoms with Gasteiger partial charge in [-0.25, -0.2) is 0 Å². The summed E-state index contributed by atoms with van der Waals surface area (Å²) in [5.41, 5.74) is 0. The Hall–Kier alpha value is 0.510. The number of rotatable bonds is 40. The zero-order chi connectivity index (χ0) is 34.5. The molecule has 0 radical (unpaired) electrons. The first-order chi connectivity index (χ1) is 23.0. The second kappa shape index (κ2) is 40.3. The van der Waals surface area contributed by atoms with E-state index in [0.29, 0.717) is 52.9 Å². The molecule has 0 saturated carbocycles. The van der Waals surface area contributed by atoms with Crippen LogP contribution in [-0.2, 0) is 23.5 Å². The quantitative estimate of drug-likeness (QED) is 0.0279. The predicted octanol–water partition coefficient (Wildman–Crippen LogP) is 7.92. The van der Waals surface area contributed by atoms with Crippen molar-refractivity contribution in [3.05, 3.63) is 25.3 Å². The smallest absolute Gasteiger partial charge is 0.799 e. The molecule has 0 amide bonds. The summed E-state index contributed by atoms with van der Waals surface area (Å²) < 4.78 is 36.6. The van der Waals surface area contributed by atoms with Gasteiger partial charge in [0, 0.05) is 32.4 Å². The largest absolute Gasteiger partial charge is 1.00 e. The van der Waals surface area contributed by atoms with Crippen LogP contribution < -0.4 is 34.5 Å². The van der Waals surface area contributed by atoms with Crippen LogP contribution in [0.2, 0.25) is 0 Å². The molecule has 0 saturated heterocycles. The van der Waals surface area contributed by atoms with Gasteiger partial charge in [0.2, 0.25) is 0 Å². The second-order valence-corrected chi connectivity index (χ2v) is 16.1. The Labute approximate surface area is 321 Å². The van der Waals surface area contributed by atoms with E-state index in [1.807, 2.05) is 0 Å². The van der Waals surface area contributed by atoms with Crippen molar-refractivity contribution in [2.45, 2.75) is 155 Å². The molecule has 8 heteroatoms. The summed E-state index contributed by atoms with van der Waals surface area (Å²) in [6, 6.07) is 0. The minimum absolute atomic E-state index is 0. The van der Waals surface area contributed by atoms with Crippen LogP contribution in [0.3, 0.4) is 0 Å². The van der Waals surface area contributed by atoms with Crippen LogP contribution in [-0.4, -0.2) is 65.2 Å². The van der Waals surface area contributed by atoms with Crippen LogP contribution in [0.4, 0.5) is 0 Å². The first-order valence-corrected chi connectivity index (χ1v) is 21.8. The van der Waals surface area contributed by atoms with Crippen LogP contribution in [0.1, 0.15) is 155 Å². The third kappa shape index (κ3) is 37.8. The van der Waals surface area contributed by atoms with E-state index < -0.39 is 7.37 Å². The van der Waals surface area contributed by atoms with Gasteiger partial charge in [0.25, 0.3) is 0 Å². The van der Waals surface area contributed by atoms with Gasteiger partial charge in [-0.05, 0) is 25.2 Å². The molecule has 0 aromatic heterocycles. The molecule has 0 heterocycles. The zero-order valence-electron chi connectivity index (χ0n) is 32.2. The third-order valence-corrected chi connectivity index (χ3v) is 10.9. The molecule has 0 N–H and O–H groups in total. The number of hydrogen-bond donors (Lipinski definition) is 0. The topological polar surface area (TPSA) is 77.1 Å². The number of ether oxygens (including phenoxy) is 4. The standard InChI is InChI=1S/C40H79O6P.Na/c1-5-9-11-13-15-17-19-21-23-25-27-31-45-35-39(33-43-29-7-3)37-47(41,42)38-40(34-44-30-8-4)36-46-32-28-26-24-22-20-18-16-14-12-10-6-2;/h7-8,39-40H,3-6,9-38H2,1-2H3,(H,41,42);/q;+1/p-1. The van der Waals surface area contributed by atoms with Gasteiger partial charge >= 0.3 is 29.6 Å². The Morgan fingerprint density at radius 1 is 0.500 bits per heavy atom. The second-order valence-electron chi connectivity index (χ2n) is 13.8. The molecule has 0 aliphatic rings. The molecular formula is C40H78NaO6P. The fourth-order valence-corrected chi connectivity index (χ4v) is 8.19. The monoisotopic (exact) mass is 709 g/mol. The summed E-state index contributed by atoms with van der Waals surface area (Å²) >= 11 is 0. The average molecular weight is 709 g/mol. The van der Waals surface area contributed by atoms with Gasteiger partial charge in [-0.2, -0.15) is 0 Å². The summed E-state index contributed by atoms with van der Waals surface area (Å²) in [7, 11) is -3.70. The van der Waals surface area contributed by atoms with E-state index in [9.17, 15) is 9.46 Å². The van der Waals surface area contributed by atoms with E-state index in [-0.39, 0.29) is 53.7 Å². The Balaban J connectivity index is 0. The van der Waals surface area contributed by atoms with E-state index in [1.54, 1.807) is 12.2 Å². The van der Waals surface area contributed by atoms with E-state index in [1.165, 1.54) is 128 Å². The first kappa shape index (κ1) is 50.6. The summed E-state index contributed by atoms with van der Waals surface area (Å²) in [4.78, 5) is 13.3. The first-order valence-electron chi connectivity index (χ1n) is 19.8. The van der Waals surface area contributed by atoms with Crippen molar-refractivity contribution in [1.29, 1.82) is 0 Å². The predicted molar refractivity (Wildman–Crippen MR) is 201 cm³/mol. The van der Waals surface area contributed by atoms with E-state index >= 15 is 0 Å². The Morgan fingerprint density at radius 3 is 1.06 bits per heavy atom. The summed E-state index contributed by atoms with van der Waals surface area (Å²) in [5.74, 6) is -0.393. The Morgan fingerprint density at radius 2 is 0.771 bits per heavy atom. The van der Waals surface area contributed by atoms with Crippen molar-refractivity contribution < 1.29 is 58.0 Å². The molecule has 6 nitrogen and oxygen atoms in total. The molecule has 2 atom stereocenters. The maximum Gasteiger partial charge on any atom is 1.00 e. The van der Waals surface area contributed by atoms with Gasteiger partial charge in [-0.3, -0.25) is 0 Å². The van der Waals surface area contributed by atoms with Gasteiger partial charge in [0.05, 0.1) is 39.6 Å². The van der Waals surface area contributed by atoms with Crippen LogP contribution in [0.5, 0.6) is 0 Å². The molecule has 0 aromatic rings. The van der Waals surface area contributed by atoms with Crippen LogP contribution in [0, 0.1) is 11.8 Å². The Kier molecular flexibility index (Phi) is 42.5. The molecule has 2 unspecified atom stereocenters. The number of hydrogen-bond acceptors (Lipinski definition) is 6. The zero-order valence-corrected chi connectivity index (χ0v) is 35.1. The molecule has 280 valence electrons. The van der Waals surface area contributed by atoms with Crippen molar-refractivity contribution in [3.8, 4) is 0 Å². The fourth-order valence-electron chi connectivity index (χ4n) is 6.04. The summed E-state index contributed by atoms with van der Waals surface area (Å²) in [6.07, 6.45) is 32.0. The number of unbranched alkanes of at least 4 members (excludes halogenated alkanes) is 20. The normalized spacial score (nSPS) is 13.9. The van der Waals surface area contributed by atoms with Crippen LogP contribution >= 0.6 is 7.37 Å². The molecule has 48 heavy (non-hydrogen) atoms. The molecule has 0 aliphatic heterocycles. The minimum atomic E-state index is -3.70. The fraction of sp³-hybridized carbons (Fsp3) is 0.900. The van der Waals surface area contributed by atoms with Crippen LogP contribution in [0.25, 0.3) is 0 Å². The average Bonchev–Trinajstić information content (AvgIpc) is 3.05. The van der Waals surface area contributed by atoms with Gasteiger partial charge in [-0.1, -0.05) is 154 Å². The van der Waals surface area contributed by atoms with Gasteiger partial charge < -0.3 is 28.4 Å². The van der Waals surface area contributed by atoms with Crippen molar-refractivity contribution in [3.63, 3.8) is 0 Å².